The lowest BCUT2D eigenvalue weighted by atomic mass is 10.4. The Labute approximate surface area is 249 Å². The van der Waals surface area contributed by atoms with Crippen LogP contribution in [0.1, 0.15) is 34.2 Å². The fourth-order valence-electron chi connectivity index (χ4n) is 4.36. The van der Waals surface area contributed by atoms with Crippen LogP contribution in [-0.2, 0) is 0 Å². The second-order valence-corrected chi connectivity index (χ2v) is 9.38. The van der Waals surface area contributed by atoms with E-state index < -0.39 is 6.01 Å². The Kier molecular flexibility index (Phi) is 5.89. The van der Waals surface area contributed by atoms with Gasteiger partial charge in [0.1, 0.15) is 34.9 Å². The molecule has 3 N–H and O–H groups in total. The van der Waals surface area contributed by atoms with Gasteiger partial charge in [0.05, 0.1) is 23.8 Å². The monoisotopic (exact) mass is 603 g/mol. The van der Waals surface area contributed by atoms with E-state index in [1.165, 1.54) is 12.4 Å². The molecule has 220 valence electrons. The number of nitriles is 2. The standard InChI is InChI=1S/C23H17N21O/c1-9-15(19-37-31-11(3)41(19)39-9)33-35-17-13(5-24)7-26-43(17)21-28-22(30-23(45)29-21)44-18(14(6-25)8-27-44)36-34-16-10(2)40-42-12(4)32-38-20(16)42/h7-8,37-38H,1-4H3,(H,28,29,30,45)/b35-33+,36-34+. The van der Waals surface area contributed by atoms with Gasteiger partial charge in [0, 0.05) is 0 Å². The minimum Gasteiger partial charge on any atom is -0.479 e. The first-order chi connectivity index (χ1) is 21.8. The molecule has 0 aliphatic carbocycles. The number of nitrogens with zero attached hydrogens (tertiary/aromatic N) is 19. The summed E-state index contributed by atoms with van der Waals surface area (Å²) in [5.41, 5.74) is 2.98. The number of aromatic nitrogens is 15. The van der Waals surface area contributed by atoms with E-state index in [0.717, 1.165) is 9.36 Å². The van der Waals surface area contributed by atoms with Gasteiger partial charge in [0.15, 0.2) is 34.3 Å². The van der Waals surface area contributed by atoms with Gasteiger partial charge in [-0.05, 0) is 27.7 Å². The van der Waals surface area contributed by atoms with Crippen LogP contribution in [0, 0.1) is 50.4 Å². The van der Waals surface area contributed by atoms with Crippen molar-refractivity contribution < 1.29 is 5.11 Å². The maximum Gasteiger partial charge on any atom is 0.320 e. The quantitative estimate of drug-likeness (QED) is 0.231. The van der Waals surface area contributed by atoms with Gasteiger partial charge in [-0.3, -0.25) is 10.2 Å². The van der Waals surface area contributed by atoms with Crippen molar-refractivity contribution in [3.05, 3.63) is 46.6 Å². The summed E-state index contributed by atoms with van der Waals surface area (Å²) >= 11 is 0. The number of nitrogens with one attached hydrogen (secondary N) is 2. The molecule has 45 heavy (non-hydrogen) atoms. The molecule has 0 aromatic carbocycles. The highest BCUT2D eigenvalue weighted by Crippen LogP contribution is 2.31. The van der Waals surface area contributed by atoms with Crippen molar-refractivity contribution in [2.75, 3.05) is 0 Å². The van der Waals surface area contributed by atoms with Crippen LogP contribution in [0.2, 0.25) is 0 Å². The Balaban J connectivity index is 1.30. The lowest BCUT2D eigenvalue weighted by Gasteiger charge is -2.06. The topological polar surface area (TPSA) is 284 Å². The molecule has 22 nitrogen and oxygen atoms in total. The normalized spacial score (nSPS) is 11.9. The minimum absolute atomic E-state index is 0.0410. The van der Waals surface area contributed by atoms with Gasteiger partial charge in [0.25, 0.3) is 11.9 Å². The fraction of sp³-hybridized carbons (Fsp3) is 0.174. The lowest BCUT2D eigenvalue weighted by molar-refractivity contribution is 0.423. The largest absolute Gasteiger partial charge is 0.479 e. The molecule has 0 unspecified atom stereocenters. The molecule has 22 heteroatoms. The van der Waals surface area contributed by atoms with Crippen molar-refractivity contribution in [3.63, 3.8) is 0 Å². The number of H-pyrrole nitrogens is 2. The van der Waals surface area contributed by atoms with Crippen molar-refractivity contribution in [3.8, 4) is 30.0 Å². The molecule has 0 spiro atoms. The molecule has 0 radical (unpaired) electrons. The molecule has 7 rings (SSSR count). The van der Waals surface area contributed by atoms with Gasteiger partial charge in [-0.15, -0.1) is 20.5 Å². The summed E-state index contributed by atoms with van der Waals surface area (Å²) in [6.07, 6.45) is 2.48. The first kappa shape index (κ1) is 26.7. The molecule has 0 aliphatic rings. The van der Waals surface area contributed by atoms with Crippen LogP contribution in [0.5, 0.6) is 6.01 Å². The zero-order chi connectivity index (χ0) is 31.4. The van der Waals surface area contributed by atoms with Crippen molar-refractivity contribution in [1.29, 1.82) is 10.5 Å². The van der Waals surface area contributed by atoms with Crippen molar-refractivity contribution in [2.24, 2.45) is 20.5 Å². The Morgan fingerprint density at radius 2 is 1.13 bits per heavy atom. The zero-order valence-electron chi connectivity index (χ0n) is 23.6. The van der Waals surface area contributed by atoms with E-state index in [1.807, 2.05) is 12.1 Å². The van der Waals surface area contributed by atoms with Crippen LogP contribution in [-0.4, -0.2) is 79.2 Å². The number of hydrogen-bond acceptors (Lipinski definition) is 16. The SMILES string of the molecule is Cc1nn2c(C)n[nH]c2c1/N=N/c1c(C#N)cnn1-c1nc(O)nc(-n2ncc(C#N)c2/N=N/c2c(C)nn3c(C)n[nH]c23)n1. The number of aromatic hydroxyl groups is 1. The minimum atomic E-state index is -0.715. The number of rotatable bonds is 6. The number of aryl methyl sites for hydroxylation is 4. The van der Waals surface area contributed by atoms with E-state index in [4.69, 9.17) is 0 Å². The first-order valence-electron chi connectivity index (χ1n) is 12.8. The van der Waals surface area contributed by atoms with E-state index in [-0.39, 0.29) is 34.7 Å². The van der Waals surface area contributed by atoms with Gasteiger partial charge in [-0.25, -0.2) is 0 Å². The van der Waals surface area contributed by atoms with Gasteiger partial charge >= 0.3 is 6.01 Å². The second-order valence-electron chi connectivity index (χ2n) is 9.38. The predicted molar refractivity (Wildman–Crippen MR) is 147 cm³/mol. The van der Waals surface area contributed by atoms with E-state index >= 15 is 0 Å². The summed E-state index contributed by atoms with van der Waals surface area (Å²) < 4.78 is 5.32. The summed E-state index contributed by atoms with van der Waals surface area (Å²) in [6.45, 7) is 7.03. The third-order valence-electron chi connectivity index (χ3n) is 6.51. The van der Waals surface area contributed by atoms with Gasteiger partial charge in [0.2, 0.25) is 0 Å². The Morgan fingerprint density at radius 3 is 1.56 bits per heavy atom. The van der Waals surface area contributed by atoms with Gasteiger partial charge < -0.3 is 5.11 Å². The zero-order valence-corrected chi connectivity index (χ0v) is 23.6. The smallest absolute Gasteiger partial charge is 0.320 e. The number of hydrogen-bond donors (Lipinski definition) is 3. The molecule has 0 saturated heterocycles. The molecule has 0 fully saturated rings. The fourth-order valence-corrected chi connectivity index (χ4v) is 4.36. The van der Waals surface area contributed by atoms with E-state index in [2.05, 4.69) is 76.2 Å². The molecule has 0 saturated carbocycles. The summed E-state index contributed by atoms with van der Waals surface area (Å²) in [7, 11) is 0. The Morgan fingerprint density at radius 1 is 0.689 bits per heavy atom. The summed E-state index contributed by atoms with van der Waals surface area (Å²) in [6, 6.07) is 3.27. The maximum absolute atomic E-state index is 10.5. The highest BCUT2D eigenvalue weighted by atomic mass is 16.3. The number of fused-ring (bicyclic) bond motifs is 2. The van der Waals surface area contributed by atoms with E-state index in [0.29, 0.717) is 45.7 Å². The summed E-state index contributed by atoms with van der Waals surface area (Å²) in [5.74, 6) is 0.679. The molecule has 0 amide bonds. The lowest BCUT2D eigenvalue weighted by Crippen LogP contribution is -2.10. The first-order valence-corrected chi connectivity index (χ1v) is 12.8. The Bertz CT molecular complexity index is 2260. The van der Waals surface area contributed by atoms with E-state index in [1.54, 1.807) is 36.7 Å². The highest BCUT2D eigenvalue weighted by molar-refractivity contribution is 5.67. The number of aromatic amines is 2. The molecule has 7 aromatic rings. The van der Waals surface area contributed by atoms with Crippen LogP contribution in [0.15, 0.2) is 32.9 Å². The van der Waals surface area contributed by atoms with Crippen molar-refractivity contribution in [2.45, 2.75) is 27.7 Å². The molecule has 7 aromatic heterocycles. The third-order valence-corrected chi connectivity index (χ3v) is 6.51. The van der Waals surface area contributed by atoms with Gasteiger partial charge in [-0.2, -0.15) is 74.5 Å². The summed E-state index contributed by atoms with van der Waals surface area (Å²) in [4.78, 5) is 12.3. The maximum atomic E-state index is 10.5. The Hall–Kier alpha value is -7.23. The molecule has 7 heterocycles. The summed E-state index contributed by atoms with van der Waals surface area (Å²) in [5, 5.41) is 78.0. The average molecular weight is 604 g/mol. The van der Waals surface area contributed by atoms with Crippen molar-refractivity contribution in [1.82, 2.24) is 74.1 Å². The molecule has 0 atom stereocenters. The van der Waals surface area contributed by atoms with Crippen LogP contribution in [0.3, 0.4) is 0 Å². The predicted octanol–water partition coefficient (Wildman–Crippen LogP) is 2.50. The van der Waals surface area contributed by atoms with Crippen molar-refractivity contribution >= 4 is 34.3 Å². The van der Waals surface area contributed by atoms with E-state index in [9.17, 15) is 15.6 Å². The van der Waals surface area contributed by atoms with Crippen LogP contribution in [0.4, 0.5) is 23.0 Å². The molecule has 0 aliphatic heterocycles. The molecule has 0 bridgehead atoms. The molecular formula is C23H17N21O. The third kappa shape index (κ3) is 4.21. The van der Waals surface area contributed by atoms with Crippen LogP contribution in [0.25, 0.3) is 23.2 Å². The van der Waals surface area contributed by atoms with Crippen LogP contribution < -0.4 is 0 Å². The van der Waals surface area contributed by atoms with Gasteiger partial charge in [-0.1, -0.05) is 0 Å². The second kappa shape index (κ2) is 9.95. The average Bonchev–Trinajstić information content (AvgIpc) is 3.86. The highest BCUT2D eigenvalue weighted by Gasteiger charge is 2.22. The number of azo groups is 2. The molecular weight excluding hydrogens is 586 g/mol. The van der Waals surface area contributed by atoms with Crippen LogP contribution >= 0.6 is 0 Å².